The summed E-state index contributed by atoms with van der Waals surface area (Å²) >= 11 is 0. The predicted molar refractivity (Wildman–Crippen MR) is 161 cm³/mol. The Morgan fingerprint density at radius 1 is 0.775 bits per heavy atom. The Kier molecular flexibility index (Phi) is 4.92. The zero-order chi connectivity index (χ0) is 28.3. The molecule has 40 heavy (non-hydrogen) atoms. The lowest BCUT2D eigenvalue weighted by molar-refractivity contribution is -0.643. The molecular formula is C34H33FN5+. The van der Waals surface area contributed by atoms with E-state index in [1.807, 2.05) is 6.07 Å². The number of halogens is 1. The Hall–Kier alpha value is -4.19. The van der Waals surface area contributed by atoms with Gasteiger partial charge in [-0.3, -0.25) is 0 Å². The van der Waals surface area contributed by atoms with Crippen LogP contribution in [0.25, 0.3) is 60.4 Å². The van der Waals surface area contributed by atoms with Gasteiger partial charge in [0.05, 0.1) is 27.3 Å². The molecule has 0 saturated carbocycles. The highest BCUT2D eigenvalue weighted by atomic mass is 19.1. The van der Waals surface area contributed by atoms with Crippen molar-refractivity contribution in [3.63, 3.8) is 0 Å². The maximum Gasteiger partial charge on any atom is 0.224 e. The number of pyridine rings is 2. The second-order valence-electron chi connectivity index (χ2n) is 13.2. The van der Waals surface area contributed by atoms with Crippen LogP contribution in [0.1, 0.15) is 58.8 Å². The molecule has 0 N–H and O–H groups in total. The first-order chi connectivity index (χ1) is 18.8. The summed E-state index contributed by atoms with van der Waals surface area (Å²) in [5, 5.41) is 5.27. The van der Waals surface area contributed by atoms with Gasteiger partial charge in [0.15, 0.2) is 12.0 Å². The molecule has 0 unspecified atom stereocenters. The van der Waals surface area contributed by atoms with Gasteiger partial charge >= 0.3 is 0 Å². The van der Waals surface area contributed by atoms with Gasteiger partial charge in [-0.15, -0.1) is 0 Å². The predicted octanol–water partition coefficient (Wildman–Crippen LogP) is 7.71. The van der Waals surface area contributed by atoms with E-state index in [2.05, 4.69) is 101 Å². The summed E-state index contributed by atoms with van der Waals surface area (Å²) in [6.07, 6.45) is 2.11. The second kappa shape index (κ2) is 7.94. The molecular weight excluding hydrogens is 497 g/mol. The highest BCUT2D eigenvalue weighted by Gasteiger charge is 2.28. The average molecular weight is 531 g/mol. The Bertz CT molecular complexity index is 2130. The Morgan fingerprint density at radius 3 is 2.12 bits per heavy atom. The molecule has 7 rings (SSSR count). The van der Waals surface area contributed by atoms with Gasteiger partial charge in [0.25, 0.3) is 0 Å². The molecule has 0 aliphatic heterocycles. The summed E-state index contributed by atoms with van der Waals surface area (Å²) in [6.45, 7) is 14.9. The monoisotopic (exact) mass is 530 g/mol. The van der Waals surface area contributed by atoms with Crippen LogP contribution in [0.4, 0.5) is 4.39 Å². The summed E-state index contributed by atoms with van der Waals surface area (Å²) in [5.41, 5.74) is 5.28. The van der Waals surface area contributed by atoms with E-state index in [1.165, 1.54) is 0 Å². The molecule has 0 spiro atoms. The molecule has 7 aromatic rings. The normalized spacial score (nSPS) is 13.1. The van der Waals surface area contributed by atoms with Crippen LogP contribution in [0.2, 0.25) is 0 Å². The molecule has 0 radical (unpaired) electrons. The highest BCUT2D eigenvalue weighted by molar-refractivity contribution is 6.26. The number of hydrogen-bond acceptors (Lipinski definition) is 3. The molecule has 5 nitrogen and oxygen atoms in total. The number of fused-ring (bicyclic) bond motifs is 5. The van der Waals surface area contributed by atoms with Gasteiger partial charge in [0.1, 0.15) is 24.5 Å². The van der Waals surface area contributed by atoms with Gasteiger partial charge in [-0.1, -0.05) is 65.8 Å². The fourth-order valence-corrected chi connectivity index (χ4v) is 6.02. The van der Waals surface area contributed by atoms with Crippen molar-refractivity contribution in [1.29, 1.82) is 0 Å². The van der Waals surface area contributed by atoms with Gasteiger partial charge in [-0.2, -0.15) is 0 Å². The van der Waals surface area contributed by atoms with E-state index in [9.17, 15) is 0 Å². The van der Waals surface area contributed by atoms with E-state index >= 15 is 4.39 Å². The van der Waals surface area contributed by atoms with Crippen LogP contribution < -0.4 is 4.57 Å². The van der Waals surface area contributed by atoms with E-state index in [1.54, 1.807) is 12.1 Å². The molecule has 0 aliphatic carbocycles. The number of para-hydroxylation sites is 1. The third-order valence-electron chi connectivity index (χ3n) is 8.04. The number of benzene rings is 3. The van der Waals surface area contributed by atoms with Crippen molar-refractivity contribution in [1.82, 2.24) is 19.4 Å². The smallest absolute Gasteiger partial charge is 0.224 e. The van der Waals surface area contributed by atoms with E-state index in [0.29, 0.717) is 11.3 Å². The minimum atomic E-state index is -0.244. The lowest BCUT2D eigenvalue weighted by Crippen LogP contribution is -2.29. The largest absolute Gasteiger partial charge is 0.305 e. The molecule has 0 saturated heterocycles. The van der Waals surface area contributed by atoms with E-state index < -0.39 is 0 Å². The van der Waals surface area contributed by atoms with Crippen molar-refractivity contribution in [3.8, 4) is 11.4 Å². The Morgan fingerprint density at radius 2 is 1.45 bits per heavy atom. The van der Waals surface area contributed by atoms with Crippen molar-refractivity contribution in [3.05, 3.63) is 77.8 Å². The second-order valence-corrected chi connectivity index (χ2v) is 13.2. The minimum absolute atomic E-state index is 0.232. The first-order valence-electron chi connectivity index (χ1n) is 13.8. The number of hydrogen-bond donors (Lipinski definition) is 0. The van der Waals surface area contributed by atoms with Gasteiger partial charge in [-0.05, 0) is 36.1 Å². The molecule has 0 fully saturated rings. The molecule has 6 heteroatoms. The minimum Gasteiger partial charge on any atom is -0.305 e. The summed E-state index contributed by atoms with van der Waals surface area (Å²) in [4.78, 5) is 14.9. The molecule has 4 aromatic heterocycles. The third-order valence-corrected chi connectivity index (χ3v) is 8.04. The van der Waals surface area contributed by atoms with Gasteiger partial charge in [0, 0.05) is 33.2 Å². The molecule has 3 aromatic carbocycles. The maximum absolute atomic E-state index is 15.7. The third kappa shape index (κ3) is 3.38. The van der Waals surface area contributed by atoms with Crippen LogP contribution in [-0.2, 0) is 17.9 Å². The molecule has 4 heterocycles. The maximum atomic E-state index is 15.7. The van der Waals surface area contributed by atoms with Gasteiger partial charge in [0.2, 0.25) is 5.52 Å². The zero-order valence-electron chi connectivity index (χ0n) is 24.3. The van der Waals surface area contributed by atoms with Crippen LogP contribution in [0.15, 0.2) is 54.7 Å². The lowest BCUT2D eigenvalue weighted by Gasteiger charge is -2.23. The van der Waals surface area contributed by atoms with Crippen LogP contribution in [0.5, 0.6) is 0 Å². The summed E-state index contributed by atoms with van der Waals surface area (Å²) in [5.74, 6) is 1.93. The standard InChI is InChI=1S/C34H33FN5/c1-18-12-13-22-21-10-9-11-23(35)27(21)40-24-17-20(16-19-14-15-39(8)29(26(19)24)25(18)28(22)40)30-36-31(33(2,3)4)38-32(37-30)34(5,6)7/h9-17H,1-8H3/q+1. The van der Waals surface area contributed by atoms with Crippen LogP contribution in [0, 0.1) is 12.7 Å². The van der Waals surface area contributed by atoms with E-state index in [4.69, 9.17) is 15.0 Å². The number of rotatable bonds is 1. The van der Waals surface area contributed by atoms with Crippen molar-refractivity contribution in [2.75, 3.05) is 0 Å². The van der Waals surface area contributed by atoms with E-state index in [0.717, 1.165) is 66.3 Å². The molecule has 0 atom stereocenters. The number of aromatic nitrogens is 5. The topological polar surface area (TPSA) is 47.0 Å². The Balaban J connectivity index is 1.72. The average Bonchev–Trinajstić information content (AvgIpc) is 3.23. The SMILES string of the molecule is Cc1ccc2c3cccc(F)c3n3c4cc(-c5nc(C(C)(C)C)nc(C(C)(C)C)n5)cc5cc[n+](C)c(c1c23)c54. The summed E-state index contributed by atoms with van der Waals surface area (Å²) < 4.78 is 20.0. The van der Waals surface area contributed by atoms with Crippen LogP contribution >= 0.6 is 0 Å². The van der Waals surface area contributed by atoms with Crippen molar-refractivity contribution in [2.24, 2.45) is 7.05 Å². The molecule has 0 aliphatic rings. The number of aryl methyl sites for hydroxylation is 2. The van der Waals surface area contributed by atoms with Crippen molar-refractivity contribution < 1.29 is 8.96 Å². The summed E-state index contributed by atoms with van der Waals surface area (Å²) in [7, 11) is 2.08. The quantitative estimate of drug-likeness (QED) is 0.124. The highest BCUT2D eigenvalue weighted by Crippen LogP contribution is 2.42. The first-order valence-corrected chi connectivity index (χ1v) is 13.8. The first kappa shape index (κ1) is 24.8. The number of nitrogens with zero attached hydrogens (tertiary/aromatic N) is 5. The van der Waals surface area contributed by atoms with E-state index in [-0.39, 0.29) is 16.6 Å². The zero-order valence-corrected chi connectivity index (χ0v) is 24.3. The molecule has 0 bridgehead atoms. The fourth-order valence-electron chi connectivity index (χ4n) is 6.02. The fraction of sp³-hybridized carbons (Fsp3) is 0.294. The molecule has 200 valence electrons. The van der Waals surface area contributed by atoms with Crippen LogP contribution in [-0.4, -0.2) is 19.4 Å². The van der Waals surface area contributed by atoms with Crippen LogP contribution in [0.3, 0.4) is 0 Å². The molecule has 0 amide bonds. The van der Waals surface area contributed by atoms with Gasteiger partial charge < -0.3 is 4.40 Å². The van der Waals surface area contributed by atoms with Crippen molar-refractivity contribution >= 4 is 49.0 Å². The van der Waals surface area contributed by atoms with Gasteiger partial charge in [-0.25, -0.2) is 23.9 Å². The summed E-state index contributed by atoms with van der Waals surface area (Å²) in [6, 6.07) is 16.1. The van der Waals surface area contributed by atoms with Crippen molar-refractivity contribution in [2.45, 2.75) is 59.3 Å². The Labute approximate surface area is 232 Å². The lowest BCUT2D eigenvalue weighted by atomic mass is 9.92.